The molecule has 16 aromatic rings. The Morgan fingerprint density at radius 2 is 0.776 bits per heavy atom. The zero-order chi connectivity index (χ0) is 76.3. The van der Waals surface area contributed by atoms with E-state index in [0.29, 0.717) is 55.9 Å². The number of aliphatic hydroxyl groups is 2. The molecular formula is C88H81Ir2N4O4-3. The molecule has 498 valence electrons. The SMILES string of the molecule is CO.CO.[2H]C([2H])([2H])c1cc(-c2[c-]ccc3c2oc2c3ccc3c4ccccc4ccc32)ncc1C.[2H]C([2H])([2H])c1cc(-c2cccc3c2oc2c3ccc3c4ccccc4ccc32)ncc1C.[2H]C([2H])(c1ccc(-c2[c-]cccc2)nc1)C(C)(C)C.[2H]C([2H])(c1ccc(-c2[c-]cccc2)nc1)C(C)(C)C.[Ir].[Ir]. The Morgan fingerprint density at radius 3 is 1.24 bits per heavy atom. The van der Waals surface area contributed by atoms with E-state index in [1.165, 1.54) is 21.5 Å². The minimum atomic E-state index is -2.21. The first kappa shape index (κ1) is 59.9. The predicted octanol–water partition coefficient (Wildman–Crippen LogP) is 22.4. The first-order valence-electron chi connectivity index (χ1n) is 36.6. The maximum Gasteiger partial charge on any atom is 0.144 e. The van der Waals surface area contributed by atoms with Gasteiger partial charge < -0.3 is 34.0 Å². The van der Waals surface area contributed by atoms with Gasteiger partial charge in [0, 0.05) is 125 Å². The molecule has 0 spiro atoms. The second kappa shape index (κ2) is 32.3. The Bertz CT molecular complexity index is 5440. The first-order chi connectivity index (χ1) is 50.5. The van der Waals surface area contributed by atoms with E-state index in [2.05, 4.69) is 111 Å². The predicted molar refractivity (Wildman–Crippen MR) is 401 cm³/mol. The number of furan rings is 2. The van der Waals surface area contributed by atoms with E-state index >= 15 is 0 Å². The normalized spacial score (nSPS) is 13.1. The van der Waals surface area contributed by atoms with Crippen LogP contribution in [0.25, 0.3) is 132 Å². The number of nitrogens with zero attached hydrogens (tertiary/aromatic N) is 4. The molecule has 0 aliphatic rings. The third-order valence-corrected chi connectivity index (χ3v) is 16.0. The number of rotatable bonds is 6. The van der Waals surface area contributed by atoms with Crippen molar-refractivity contribution in [2.24, 2.45) is 10.8 Å². The van der Waals surface area contributed by atoms with Crippen molar-refractivity contribution in [3.63, 3.8) is 0 Å². The summed E-state index contributed by atoms with van der Waals surface area (Å²) in [6.45, 7) is 10.5. The van der Waals surface area contributed by atoms with Crippen LogP contribution in [-0.2, 0) is 53.0 Å². The van der Waals surface area contributed by atoms with Gasteiger partial charge in [0.15, 0.2) is 0 Å². The molecule has 0 aliphatic heterocycles. The average molecular weight is 1650 g/mol. The van der Waals surface area contributed by atoms with Crippen molar-refractivity contribution in [3.05, 3.63) is 289 Å². The van der Waals surface area contributed by atoms with Gasteiger partial charge in [-0.1, -0.05) is 185 Å². The molecule has 6 heterocycles. The maximum absolute atomic E-state index is 8.21. The summed E-state index contributed by atoms with van der Waals surface area (Å²) in [7, 11) is 2.00. The van der Waals surface area contributed by atoms with Crippen LogP contribution in [0.5, 0.6) is 0 Å². The summed E-state index contributed by atoms with van der Waals surface area (Å²) >= 11 is 0. The average Bonchev–Trinajstić information content (AvgIpc) is 1.60. The maximum atomic E-state index is 8.21. The van der Waals surface area contributed by atoms with Crippen molar-refractivity contribution in [3.8, 4) is 45.0 Å². The van der Waals surface area contributed by atoms with Gasteiger partial charge in [-0.25, -0.2) is 0 Å². The molecule has 2 radical (unpaired) electrons. The van der Waals surface area contributed by atoms with Gasteiger partial charge in [-0.15, -0.1) is 90.0 Å². The van der Waals surface area contributed by atoms with Crippen molar-refractivity contribution < 1.29 is 73.0 Å². The Balaban J connectivity index is 0.000000167. The summed E-state index contributed by atoms with van der Waals surface area (Å²) in [5, 5.41) is 27.1. The molecule has 0 fully saturated rings. The monoisotopic (exact) mass is 1650 g/mol. The van der Waals surface area contributed by atoms with Gasteiger partial charge in [0.05, 0.1) is 11.3 Å². The molecular weight excluding hydrogens is 1560 g/mol. The fraction of sp³-hybridized carbons (Fsp3) is 0.182. The number of fused-ring (bicyclic) bond motifs is 14. The Labute approximate surface area is 616 Å². The van der Waals surface area contributed by atoms with E-state index in [1.54, 1.807) is 50.8 Å². The van der Waals surface area contributed by atoms with E-state index in [0.717, 1.165) is 102 Å². The third kappa shape index (κ3) is 16.4. The van der Waals surface area contributed by atoms with Crippen molar-refractivity contribution in [1.82, 2.24) is 19.9 Å². The largest absolute Gasteiger partial charge is 0.500 e. The number of aromatic nitrogens is 4. The second-order valence-corrected chi connectivity index (χ2v) is 25.1. The third-order valence-electron chi connectivity index (χ3n) is 16.0. The van der Waals surface area contributed by atoms with Gasteiger partial charge in [0.25, 0.3) is 0 Å². The van der Waals surface area contributed by atoms with E-state index < -0.39 is 37.3 Å². The van der Waals surface area contributed by atoms with Crippen molar-refractivity contribution in [2.75, 3.05) is 14.2 Å². The number of aryl methyl sites for hydroxylation is 4. The Kier molecular flexibility index (Phi) is 19.8. The Morgan fingerprint density at radius 1 is 0.367 bits per heavy atom. The van der Waals surface area contributed by atoms with Crippen molar-refractivity contribution in [1.29, 1.82) is 0 Å². The van der Waals surface area contributed by atoms with Gasteiger partial charge in [0.1, 0.15) is 16.7 Å². The fourth-order valence-corrected chi connectivity index (χ4v) is 11.6. The molecule has 0 amide bonds. The molecule has 0 saturated heterocycles. The minimum absolute atomic E-state index is 0. The van der Waals surface area contributed by atoms with E-state index in [4.69, 9.17) is 32.8 Å². The van der Waals surface area contributed by atoms with Gasteiger partial charge in [0.2, 0.25) is 0 Å². The van der Waals surface area contributed by atoms with Crippen LogP contribution in [0.4, 0.5) is 0 Å². The number of hydrogen-bond donors (Lipinski definition) is 2. The minimum Gasteiger partial charge on any atom is -0.500 e. The van der Waals surface area contributed by atoms with Gasteiger partial charge in [-0.05, 0) is 153 Å². The second-order valence-electron chi connectivity index (χ2n) is 25.1. The summed E-state index contributed by atoms with van der Waals surface area (Å²) in [5.41, 5.74) is 11.3. The van der Waals surface area contributed by atoms with E-state index in [1.807, 2.05) is 169 Å². The summed E-state index contributed by atoms with van der Waals surface area (Å²) in [6, 6.07) is 78.7. The summed E-state index contributed by atoms with van der Waals surface area (Å²) < 4.78 is 92.9. The number of pyridine rings is 4. The molecule has 16 rings (SSSR count). The molecule has 2 N–H and O–H groups in total. The zero-order valence-electron chi connectivity index (χ0n) is 66.2. The topological polar surface area (TPSA) is 118 Å². The summed E-state index contributed by atoms with van der Waals surface area (Å²) in [6.07, 6.45) is 3.68. The number of para-hydroxylation sites is 1. The van der Waals surface area contributed by atoms with Crippen LogP contribution in [0.2, 0.25) is 0 Å². The van der Waals surface area contributed by atoms with Crippen LogP contribution in [0, 0.1) is 56.6 Å². The van der Waals surface area contributed by atoms with Crippen LogP contribution < -0.4 is 0 Å². The molecule has 0 unspecified atom stereocenters. The van der Waals surface area contributed by atoms with Crippen LogP contribution in [-0.4, -0.2) is 44.4 Å². The van der Waals surface area contributed by atoms with Gasteiger partial charge in [-0.2, -0.15) is 0 Å². The summed E-state index contributed by atoms with van der Waals surface area (Å²) in [4.78, 5) is 17.8. The zero-order valence-corrected chi connectivity index (χ0v) is 61.0. The summed E-state index contributed by atoms with van der Waals surface area (Å²) in [5.74, 6) is 0. The van der Waals surface area contributed by atoms with Crippen LogP contribution in [0.3, 0.4) is 0 Å². The quantitative estimate of drug-likeness (QED) is 0.125. The van der Waals surface area contributed by atoms with Crippen LogP contribution in [0.1, 0.15) is 88.6 Å². The smallest absolute Gasteiger partial charge is 0.144 e. The molecule has 10 heteroatoms. The standard InChI is InChI=1S/C27H19NO.C27H18NO.2C16H18N.2CH4O.2Ir/c2*1-16-14-25(28-15-17(16)2)24-9-5-8-21-23-13-12-20-19-7-4-3-6-18(19)10-11-22(20)26(23)29-27(21)24;2*1-16(2,3)11-13-9-10-15(17-12-13)14-7-5-4-6-8-14;2*1-2;;/h3-15H,1-2H3;3-8,10-15H,1-2H3;2*4-7,9-10,12H,11H2,1-3H3;2*2H,1H3;;/q;3*-1;;;;/i2*1D3;2*11D2;;;;. The fourth-order valence-electron chi connectivity index (χ4n) is 11.6. The molecule has 6 aromatic heterocycles. The van der Waals surface area contributed by atoms with Gasteiger partial charge in [-0.3, -0.25) is 4.98 Å². The van der Waals surface area contributed by atoms with Crippen molar-refractivity contribution >= 4 is 87.0 Å². The molecule has 0 aliphatic carbocycles. The van der Waals surface area contributed by atoms with Crippen LogP contribution in [0.15, 0.2) is 246 Å². The molecule has 0 atom stereocenters. The molecule has 98 heavy (non-hydrogen) atoms. The van der Waals surface area contributed by atoms with Crippen molar-refractivity contribution in [2.45, 2.75) is 81.8 Å². The Hall–Kier alpha value is -9.34. The number of benzene rings is 10. The van der Waals surface area contributed by atoms with E-state index in [9.17, 15) is 0 Å². The van der Waals surface area contributed by atoms with Gasteiger partial charge >= 0.3 is 0 Å². The number of hydrogen-bond acceptors (Lipinski definition) is 8. The molecule has 0 bridgehead atoms. The molecule has 8 nitrogen and oxygen atoms in total. The van der Waals surface area contributed by atoms with Crippen LogP contribution >= 0.6 is 0 Å². The first-order valence-corrected chi connectivity index (χ1v) is 31.6. The number of aliphatic hydroxyl groups excluding tert-OH is 2. The van der Waals surface area contributed by atoms with E-state index in [-0.39, 0.29) is 40.2 Å². The molecule has 0 saturated carbocycles. The molecule has 10 aromatic carbocycles.